The Bertz CT molecular complexity index is 1030. The third kappa shape index (κ3) is 4.26. The van der Waals surface area contributed by atoms with Gasteiger partial charge in [-0.1, -0.05) is 18.2 Å². The summed E-state index contributed by atoms with van der Waals surface area (Å²) < 4.78 is 2.08. The number of para-hydroxylation sites is 1. The van der Waals surface area contributed by atoms with Crippen LogP contribution in [0, 0.1) is 0 Å². The van der Waals surface area contributed by atoms with Crippen LogP contribution in [-0.2, 0) is 11.3 Å². The Morgan fingerprint density at radius 1 is 1.00 bits per heavy atom. The molecule has 0 unspecified atom stereocenters. The number of amides is 2. The molecule has 1 saturated heterocycles. The Morgan fingerprint density at radius 3 is 2.59 bits per heavy atom. The van der Waals surface area contributed by atoms with Gasteiger partial charge in [-0.3, -0.25) is 9.59 Å². The summed E-state index contributed by atoms with van der Waals surface area (Å²) in [6, 6.07) is 15.5. The van der Waals surface area contributed by atoms with E-state index in [2.05, 4.69) is 33.0 Å². The van der Waals surface area contributed by atoms with E-state index < -0.39 is 5.91 Å². The van der Waals surface area contributed by atoms with Gasteiger partial charge in [0.15, 0.2) is 0 Å². The van der Waals surface area contributed by atoms with Crippen LogP contribution in [0.3, 0.4) is 0 Å². The molecule has 29 heavy (non-hydrogen) atoms. The van der Waals surface area contributed by atoms with Crippen molar-refractivity contribution < 1.29 is 9.59 Å². The van der Waals surface area contributed by atoms with Crippen LogP contribution in [0.5, 0.6) is 0 Å². The second-order valence-corrected chi connectivity index (χ2v) is 7.51. The zero-order valence-electron chi connectivity index (χ0n) is 16.4. The van der Waals surface area contributed by atoms with Gasteiger partial charge in [0.25, 0.3) is 0 Å². The molecule has 2 aromatic carbocycles. The number of anilines is 2. The number of nitrogens with zero attached hydrogens (tertiary/aromatic N) is 2. The van der Waals surface area contributed by atoms with Crippen molar-refractivity contribution in [3.05, 3.63) is 60.3 Å². The van der Waals surface area contributed by atoms with Crippen molar-refractivity contribution >= 4 is 34.1 Å². The first-order chi connectivity index (χ1) is 14.1. The quantitative estimate of drug-likeness (QED) is 0.672. The van der Waals surface area contributed by atoms with Gasteiger partial charge < -0.3 is 20.5 Å². The van der Waals surface area contributed by atoms with Gasteiger partial charge in [0.2, 0.25) is 11.8 Å². The highest BCUT2D eigenvalue weighted by molar-refractivity contribution is 5.99. The molecule has 150 valence electrons. The largest absolute Gasteiger partial charge is 0.370 e. The first kappa shape index (κ1) is 19.1. The summed E-state index contributed by atoms with van der Waals surface area (Å²) in [5.41, 5.74) is 8.58. The van der Waals surface area contributed by atoms with Gasteiger partial charge >= 0.3 is 0 Å². The molecule has 4 rings (SSSR count). The molecule has 0 radical (unpaired) electrons. The molecule has 3 aromatic rings. The minimum absolute atomic E-state index is 0.0809. The van der Waals surface area contributed by atoms with Gasteiger partial charge in [0.05, 0.1) is 11.4 Å². The predicted octanol–water partition coefficient (Wildman–Crippen LogP) is 3.76. The van der Waals surface area contributed by atoms with Crippen molar-refractivity contribution in [1.29, 1.82) is 0 Å². The molecule has 1 aromatic heterocycles. The smallest absolute Gasteiger partial charge is 0.248 e. The maximum absolute atomic E-state index is 12.7. The number of fused-ring (bicyclic) bond motifs is 1. The van der Waals surface area contributed by atoms with Crippen LogP contribution in [-0.4, -0.2) is 29.5 Å². The normalized spacial score (nSPS) is 14.1. The van der Waals surface area contributed by atoms with E-state index in [1.165, 1.54) is 6.42 Å². The van der Waals surface area contributed by atoms with Crippen LogP contribution in [0.1, 0.15) is 36.0 Å². The molecular formula is C23H26N4O2. The molecule has 2 heterocycles. The number of benzene rings is 2. The number of carbonyl (C=O) groups is 2. The van der Waals surface area contributed by atoms with Gasteiger partial charge in [0.1, 0.15) is 0 Å². The SMILES string of the molecule is NC(=O)c1ccc(N2CCCCC2)c(NC(=O)CCn2ccc3ccccc32)c1. The van der Waals surface area contributed by atoms with E-state index in [1.54, 1.807) is 12.1 Å². The standard InChI is InChI=1S/C23H26N4O2/c24-23(29)18-8-9-21(26-12-4-1-5-13-26)19(16-18)25-22(28)11-15-27-14-10-17-6-2-3-7-20(17)27/h2-3,6-10,14,16H,1,4-5,11-13,15H2,(H2,24,29)(H,25,28). The van der Waals surface area contributed by atoms with Crippen LogP contribution in [0.2, 0.25) is 0 Å². The lowest BCUT2D eigenvalue weighted by Crippen LogP contribution is -2.30. The number of nitrogens with one attached hydrogen (secondary N) is 1. The summed E-state index contributed by atoms with van der Waals surface area (Å²) in [5.74, 6) is -0.577. The molecule has 2 amide bonds. The van der Waals surface area contributed by atoms with Crippen molar-refractivity contribution in [3.8, 4) is 0 Å². The Labute approximate surface area is 170 Å². The van der Waals surface area contributed by atoms with E-state index in [1.807, 2.05) is 24.4 Å². The second-order valence-electron chi connectivity index (χ2n) is 7.51. The predicted molar refractivity (Wildman–Crippen MR) is 116 cm³/mol. The molecule has 6 nitrogen and oxygen atoms in total. The van der Waals surface area contributed by atoms with Crippen LogP contribution < -0.4 is 16.0 Å². The topological polar surface area (TPSA) is 80.4 Å². The monoisotopic (exact) mass is 390 g/mol. The Morgan fingerprint density at radius 2 is 1.79 bits per heavy atom. The van der Waals surface area contributed by atoms with Crippen LogP contribution in [0.25, 0.3) is 10.9 Å². The number of hydrogen-bond acceptors (Lipinski definition) is 3. The Balaban J connectivity index is 1.50. The molecule has 0 saturated carbocycles. The Hall–Kier alpha value is -3.28. The fraction of sp³-hybridized carbons (Fsp3) is 0.304. The Kier molecular flexibility index (Phi) is 5.51. The summed E-state index contributed by atoms with van der Waals surface area (Å²) >= 11 is 0. The molecule has 0 spiro atoms. The van der Waals surface area contributed by atoms with Gasteiger partial charge in [0, 0.05) is 43.3 Å². The van der Waals surface area contributed by atoms with Crippen LogP contribution in [0.4, 0.5) is 11.4 Å². The number of nitrogens with two attached hydrogens (primary N) is 1. The van der Waals surface area contributed by atoms with E-state index >= 15 is 0 Å². The number of piperidine rings is 1. The van der Waals surface area contributed by atoms with Crippen LogP contribution >= 0.6 is 0 Å². The van der Waals surface area contributed by atoms with E-state index in [4.69, 9.17) is 5.73 Å². The molecule has 0 atom stereocenters. The molecule has 6 heteroatoms. The fourth-order valence-corrected chi connectivity index (χ4v) is 3.97. The van der Waals surface area contributed by atoms with Gasteiger partial charge in [-0.05, 0) is 55.0 Å². The lowest BCUT2D eigenvalue weighted by molar-refractivity contribution is -0.116. The number of carbonyl (C=O) groups excluding carboxylic acids is 2. The van der Waals surface area contributed by atoms with E-state index in [0.29, 0.717) is 24.2 Å². The number of primary amides is 1. The summed E-state index contributed by atoms with van der Waals surface area (Å²) in [6.07, 6.45) is 5.84. The van der Waals surface area contributed by atoms with Crippen molar-refractivity contribution in [1.82, 2.24) is 4.57 Å². The number of aryl methyl sites for hydroxylation is 1. The zero-order valence-corrected chi connectivity index (χ0v) is 16.4. The highest BCUT2D eigenvalue weighted by Crippen LogP contribution is 2.30. The van der Waals surface area contributed by atoms with Crippen molar-refractivity contribution in [3.63, 3.8) is 0 Å². The third-order valence-electron chi connectivity index (χ3n) is 5.51. The average Bonchev–Trinajstić information content (AvgIpc) is 3.16. The van der Waals surface area contributed by atoms with E-state index in [0.717, 1.165) is 42.5 Å². The number of hydrogen-bond donors (Lipinski definition) is 2. The molecule has 0 bridgehead atoms. The van der Waals surface area contributed by atoms with Crippen molar-refractivity contribution in [2.45, 2.75) is 32.2 Å². The molecular weight excluding hydrogens is 364 g/mol. The van der Waals surface area contributed by atoms with Gasteiger partial charge in [-0.25, -0.2) is 0 Å². The lowest BCUT2D eigenvalue weighted by Gasteiger charge is -2.30. The van der Waals surface area contributed by atoms with E-state index in [9.17, 15) is 9.59 Å². The van der Waals surface area contributed by atoms with Crippen molar-refractivity contribution in [2.24, 2.45) is 5.73 Å². The maximum atomic E-state index is 12.7. The van der Waals surface area contributed by atoms with Crippen LogP contribution in [0.15, 0.2) is 54.7 Å². The lowest BCUT2D eigenvalue weighted by atomic mass is 10.1. The molecule has 1 aliphatic rings. The van der Waals surface area contributed by atoms with E-state index in [-0.39, 0.29) is 5.91 Å². The minimum atomic E-state index is -0.496. The third-order valence-corrected chi connectivity index (χ3v) is 5.51. The van der Waals surface area contributed by atoms with Crippen molar-refractivity contribution in [2.75, 3.05) is 23.3 Å². The second kappa shape index (κ2) is 8.39. The summed E-state index contributed by atoms with van der Waals surface area (Å²) in [6.45, 7) is 2.50. The average molecular weight is 390 g/mol. The molecule has 3 N–H and O–H groups in total. The first-order valence-corrected chi connectivity index (χ1v) is 10.1. The zero-order chi connectivity index (χ0) is 20.2. The molecule has 1 fully saturated rings. The number of rotatable bonds is 6. The summed E-state index contributed by atoms with van der Waals surface area (Å²) in [5, 5.41) is 4.17. The minimum Gasteiger partial charge on any atom is -0.370 e. The number of aromatic nitrogens is 1. The van der Waals surface area contributed by atoms with Gasteiger partial charge in [-0.2, -0.15) is 0 Å². The first-order valence-electron chi connectivity index (χ1n) is 10.1. The maximum Gasteiger partial charge on any atom is 0.248 e. The molecule has 1 aliphatic heterocycles. The molecule has 0 aliphatic carbocycles. The van der Waals surface area contributed by atoms with Gasteiger partial charge in [-0.15, -0.1) is 0 Å². The summed E-state index contributed by atoms with van der Waals surface area (Å²) in [7, 11) is 0. The summed E-state index contributed by atoms with van der Waals surface area (Å²) in [4.78, 5) is 26.6. The highest BCUT2D eigenvalue weighted by Gasteiger charge is 2.17. The fourth-order valence-electron chi connectivity index (χ4n) is 3.97. The highest BCUT2D eigenvalue weighted by atomic mass is 16.2.